The molecule has 4 aliphatic rings. The Labute approximate surface area is 137 Å². The van der Waals surface area contributed by atoms with Crippen molar-refractivity contribution in [2.24, 2.45) is 27.7 Å². The number of hydrogen-bond donors (Lipinski definition) is 1. The highest BCUT2D eigenvalue weighted by Crippen LogP contribution is 2.50. The standard InChI is InChI=1S/C10H19N.C10H17N/c2*1-8-3-4-9(11-7-8)10(2)5-6-10/h8-9,11H,3-7H2,1-2H3;8H,3-7H2,1-2H3. The molecule has 1 N–H and O–H groups in total. The molecule has 2 saturated carbocycles. The predicted molar refractivity (Wildman–Crippen MR) is 95.6 cm³/mol. The zero-order valence-corrected chi connectivity index (χ0v) is 15.3. The number of nitrogens with one attached hydrogen (secondary N) is 1. The van der Waals surface area contributed by atoms with Crippen LogP contribution in [0.1, 0.15) is 79.1 Å². The second kappa shape index (κ2) is 6.26. The summed E-state index contributed by atoms with van der Waals surface area (Å²) in [6, 6.07) is 0.846. The molecule has 3 unspecified atom stereocenters. The van der Waals surface area contributed by atoms with Crippen LogP contribution in [0, 0.1) is 22.7 Å². The van der Waals surface area contributed by atoms with Crippen LogP contribution in [0.5, 0.6) is 0 Å². The molecule has 0 spiro atoms. The van der Waals surface area contributed by atoms with Crippen molar-refractivity contribution in [1.82, 2.24) is 5.32 Å². The van der Waals surface area contributed by atoms with Gasteiger partial charge >= 0.3 is 0 Å². The predicted octanol–water partition coefficient (Wildman–Crippen LogP) is 4.83. The Hall–Kier alpha value is -0.370. The highest BCUT2D eigenvalue weighted by atomic mass is 15.0. The average Bonchev–Trinajstić information content (AvgIpc) is 3.42. The molecule has 0 amide bonds. The fourth-order valence-corrected chi connectivity index (χ4v) is 3.93. The van der Waals surface area contributed by atoms with E-state index in [1.807, 2.05) is 0 Å². The van der Waals surface area contributed by atoms with E-state index in [-0.39, 0.29) is 0 Å². The van der Waals surface area contributed by atoms with Gasteiger partial charge < -0.3 is 5.32 Å². The second-order valence-electron chi connectivity index (χ2n) is 9.29. The van der Waals surface area contributed by atoms with Crippen molar-refractivity contribution in [2.75, 3.05) is 13.1 Å². The van der Waals surface area contributed by atoms with Gasteiger partial charge in [0.25, 0.3) is 0 Å². The summed E-state index contributed by atoms with van der Waals surface area (Å²) in [4.78, 5) is 4.66. The van der Waals surface area contributed by atoms with E-state index in [0.717, 1.165) is 24.4 Å². The highest BCUT2D eigenvalue weighted by Gasteiger charge is 2.45. The lowest BCUT2D eigenvalue weighted by Crippen LogP contribution is -2.42. The van der Waals surface area contributed by atoms with Crippen molar-refractivity contribution in [3.8, 4) is 0 Å². The third-order valence-corrected chi connectivity index (χ3v) is 6.71. The first-order valence-corrected chi connectivity index (χ1v) is 9.68. The minimum absolute atomic E-state index is 0.556. The number of aliphatic imine (C=N–C) groups is 1. The first-order chi connectivity index (χ1) is 10.4. The number of nitrogens with zero attached hydrogens (tertiary/aromatic N) is 1. The van der Waals surface area contributed by atoms with E-state index < -0.39 is 0 Å². The Morgan fingerprint density at radius 2 is 1.68 bits per heavy atom. The second-order valence-corrected chi connectivity index (χ2v) is 9.29. The maximum absolute atomic E-state index is 4.66. The van der Waals surface area contributed by atoms with Crippen LogP contribution in [0.2, 0.25) is 0 Å². The lowest BCUT2D eigenvalue weighted by atomic mass is 9.87. The van der Waals surface area contributed by atoms with Gasteiger partial charge in [-0.05, 0) is 75.2 Å². The van der Waals surface area contributed by atoms with Crippen LogP contribution in [0.3, 0.4) is 0 Å². The minimum atomic E-state index is 0.556. The summed E-state index contributed by atoms with van der Waals surface area (Å²) in [5, 5.41) is 3.67. The fourth-order valence-electron chi connectivity index (χ4n) is 3.93. The molecule has 2 nitrogen and oxygen atoms in total. The molecular weight excluding hydrogens is 268 g/mol. The Kier molecular flexibility index (Phi) is 4.69. The van der Waals surface area contributed by atoms with Gasteiger partial charge in [0.1, 0.15) is 0 Å². The van der Waals surface area contributed by atoms with Gasteiger partial charge in [0.2, 0.25) is 0 Å². The molecule has 126 valence electrons. The van der Waals surface area contributed by atoms with E-state index in [2.05, 4.69) is 38.0 Å². The Morgan fingerprint density at radius 3 is 2.14 bits per heavy atom. The summed E-state index contributed by atoms with van der Waals surface area (Å²) in [6.07, 6.45) is 11.2. The van der Waals surface area contributed by atoms with Crippen molar-refractivity contribution in [2.45, 2.75) is 85.1 Å². The lowest BCUT2D eigenvalue weighted by Gasteiger charge is -2.32. The van der Waals surface area contributed by atoms with Crippen LogP contribution in [0.15, 0.2) is 4.99 Å². The molecule has 0 aromatic heterocycles. The highest BCUT2D eigenvalue weighted by molar-refractivity contribution is 5.92. The first-order valence-electron chi connectivity index (χ1n) is 9.68. The van der Waals surface area contributed by atoms with Gasteiger partial charge in [0.05, 0.1) is 0 Å². The molecule has 3 atom stereocenters. The Balaban J connectivity index is 0.000000131. The van der Waals surface area contributed by atoms with Crippen LogP contribution in [-0.4, -0.2) is 24.8 Å². The first kappa shape index (κ1) is 16.5. The van der Waals surface area contributed by atoms with Crippen LogP contribution in [-0.2, 0) is 0 Å². The number of hydrogen-bond acceptors (Lipinski definition) is 2. The molecule has 1 saturated heterocycles. The zero-order chi connectivity index (χ0) is 15.8. The van der Waals surface area contributed by atoms with Gasteiger partial charge in [-0.15, -0.1) is 0 Å². The quantitative estimate of drug-likeness (QED) is 0.776. The Bertz CT molecular complexity index is 409. The summed E-state index contributed by atoms with van der Waals surface area (Å²) < 4.78 is 0. The maximum Gasteiger partial charge on any atom is 0.0414 e. The molecule has 3 fully saturated rings. The van der Waals surface area contributed by atoms with Crippen LogP contribution in [0.25, 0.3) is 0 Å². The third-order valence-electron chi connectivity index (χ3n) is 6.71. The minimum Gasteiger partial charge on any atom is -0.313 e. The molecule has 22 heavy (non-hydrogen) atoms. The van der Waals surface area contributed by atoms with Crippen LogP contribution < -0.4 is 5.32 Å². The lowest BCUT2D eigenvalue weighted by molar-refractivity contribution is 0.252. The molecule has 0 radical (unpaired) electrons. The third kappa shape index (κ3) is 3.93. The van der Waals surface area contributed by atoms with E-state index in [1.165, 1.54) is 63.6 Å². The van der Waals surface area contributed by atoms with Gasteiger partial charge in [-0.2, -0.15) is 0 Å². The largest absolute Gasteiger partial charge is 0.313 e. The maximum atomic E-state index is 4.66. The number of rotatable bonds is 2. The van der Waals surface area contributed by atoms with Crippen LogP contribution >= 0.6 is 0 Å². The van der Waals surface area contributed by atoms with E-state index in [0.29, 0.717) is 10.8 Å². The van der Waals surface area contributed by atoms with E-state index in [4.69, 9.17) is 0 Å². The summed E-state index contributed by atoms with van der Waals surface area (Å²) >= 11 is 0. The summed E-state index contributed by atoms with van der Waals surface area (Å²) in [5.41, 5.74) is 2.77. The molecular formula is C20H36N2. The van der Waals surface area contributed by atoms with Gasteiger partial charge in [-0.25, -0.2) is 0 Å². The summed E-state index contributed by atoms with van der Waals surface area (Å²) in [6.45, 7) is 11.8. The molecule has 4 rings (SSSR count). The molecule has 0 bridgehead atoms. The topological polar surface area (TPSA) is 24.4 Å². The summed E-state index contributed by atoms with van der Waals surface area (Å²) in [7, 11) is 0. The Morgan fingerprint density at radius 1 is 0.955 bits per heavy atom. The smallest absolute Gasteiger partial charge is 0.0414 e. The monoisotopic (exact) mass is 304 g/mol. The van der Waals surface area contributed by atoms with E-state index in [9.17, 15) is 0 Å². The molecule has 2 aliphatic carbocycles. The SMILES string of the molecule is CC1CCC(C2(C)CC2)=NC1.CC1CCC(C2(C)CC2)NC1. The van der Waals surface area contributed by atoms with Crippen LogP contribution in [0.4, 0.5) is 0 Å². The normalized spacial score (nSPS) is 38.4. The van der Waals surface area contributed by atoms with Crippen molar-refractivity contribution < 1.29 is 0 Å². The molecule has 2 heterocycles. The van der Waals surface area contributed by atoms with E-state index >= 15 is 0 Å². The molecule has 2 heteroatoms. The molecule has 0 aromatic rings. The van der Waals surface area contributed by atoms with E-state index in [1.54, 1.807) is 0 Å². The van der Waals surface area contributed by atoms with Crippen molar-refractivity contribution in [3.63, 3.8) is 0 Å². The van der Waals surface area contributed by atoms with Crippen molar-refractivity contribution >= 4 is 5.71 Å². The molecule has 2 aliphatic heterocycles. The van der Waals surface area contributed by atoms with Crippen molar-refractivity contribution in [1.29, 1.82) is 0 Å². The molecule has 0 aromatic carbocycles. The van der Waals surface area contributed by atoms with Gasteiger partial charge in [-0.3, -0.25) is 4.99 Å². The average molecular weight is 305 g/mol. The van der Waals surface area contributed by atoms with Gasteiger partial charge in [0, 0.05) is 23.7 Å². The zero-order valence-electron chi connectivity index (χ0n) is 15.3. The summed E-state index contributed by atoms with van der Waals surface area (Å²) in [5.74, 6) is 1.75. The number of piperidine rings is 1. The van der Waals surface area contributed by atoms with Gasteiger partial charge in [0.15, 0.2) is 0 Å². The fraction of sp³-hybridized carbons (Fsp3) is 0.950. The van der Waals surface area contributed by atoms with Crippen molar-refractivity contribution in [3.05, 3.63) is 0 Å². The van der Waals surface area contributed by atoms with Gasteiger partial charge in [-0.1, -0.05) is 27.7 Å².